The maximum absolute atomic E-state index is 11.3. The van der Waals surface area contributed by atoms with Crippen LogP contribution < -0.4 is 0 Å². The van der Waals surface area contributed by atoms with Gasteiger partial charge in [0, 0.05) is 12.0 Å². The number of carboxylic acid groups (broad SMARTS) is 1. The summed E-state index contributed by atoms with van der Waals surface area (Å²) >= 11 is 0. The zero-order valence-corrected chi connectivity index (χ0v) is 13.8. The molecule has 1 aliphatic heterocycles. The van der Waals surface area contributed by atoms with E-state index in [1.807, 2.05) is 0 Å². The number of benzene rings is 1. The molecule has 5 atom stereocenters. The molecule has 1 aliphatic rings. The summed E-state index contributed by atoms with van der Waals surface area (Å²) in [7, 11) is 0. The number of hydrogen-bond acceptors (Lipinski definition) is 6. The molecule has 0 spiro atoms. The first-order chi connectivity index (χ1) is 11.8. The molecule has 0 bridgehead atoms. The molecule has 4 N–H and O–H groups in total. The van der Waals surface area contributed by atoms with Gasteiger partial charge in [0.1, 0.15) is 18.3 Å². The van der Waals surface area contributed by atoms with E-state index in [9.17, 15) is 25.2 Å². The number of carbonyl (C=O) groups is 1. The molecular formula is C18H22O7. The summed E-state index contributed by atoms with van der Waals surface area (Å²) in [6, 6.07) is 7.10. The van der Waals surface area contributed by atoms with Gasteiger partial charge in [-0.3, -0.25) is 0 Å². The van der Waals surface area contributed by atoms with Crippen LogP contribution in [-0.2, 0) is 20.9 Å². The standard InChI is InChI=1S/C18H22O7/c1-3-11-4-6-12(7-5-11)9-24-10-14(20)16-15(21)13(19)8-18(2,25-16)17(22)23/h1,4-7,13-16,19-21H,8-10H2,2H3,(H,22,23)/t13-,14-,15?,16?,18-/m1/s1. The lowest BCUT2D eigenvalue weighted by Gasteiger charge is -2.42. The van der Waals surface area contributed by atoms with Gasteiger partial charge in [-0.25, -0.2) is 4.79 Å². The van der Waals surface area contributed by atoms with E-state index in [1.54, 1.807) is 24.3 Å². The van der Waals surface area contributed by atoms with Crippen molar-refractivity contribution in [1.82, 2.24) is 0 Å². The van der Waals surface area contributed by atoms with Crippen LogP contribution in [0.25, 0.3) is 0 Å². The maximum atomic E-state index is 11.3. The van der Waals surface area contributed by atoms with E-state index >= 15 is 0 Å². The highest BCUT2D eigenvalue weighted by Gasteiger charge is 2.50. The maximum Gasteiger partial charge on any atom is 0.335 e. The number of ether oxygens (including phenoxy) is 2. The van der Waals surface area contributed by atoms with Gasteiger partial charge in [0.15, 0.2) is 5.60 Å². The summed E-state index contributed by atoms with van der Waals surface area (Å²) < 4.78 is 10.7. The molecule has 25 heavy (non-hydrogen) atoms. The Kier molecular flexibility index (Phi) is 6.16. The Balaban J connectivity index is 1.93. The predicted octanol–water partition coefficient (Wildman–Crippen LogP) is -0.101. The summed E-state index contributed by atoms with van der Waals surface area (Å²) in [6.45, 7) is 1.29. The molecule has 0 radical (unpaired) electrons. The number of rotatable bonds is 6. The SMILES string of the molecule is C#Cc1ccc(COC[C@@H](O)C2O[C@@](C)(C(=O)O)C[C@@H](O)C2O)cc1. The van der Waals surface area contributed by atoms with Crippen LogP contribution in [0.4, 0.5) is 0 Å². The largest absolute Gasteiger partial charge is 0.479 e. The number of hydrogen-bond donors (Lipinski definition) is 4. The van der Waals surface area contributed by atoms with E-state index in [0.717, 1.165) is 11.1 Å². The summed E-state index contributed by atoms with van der Waals surface area (Å²) in [5.74, 6) is 1.23. The van der Waals surface area contributed by atoms with Crippen molar-refractivity contribution in [3.63, 3.8) is 0 Å². The van der Waals surface area contributed by atoms with Gasteiger partial charge in [0.05, 0.1) is 19.3 Å². The Morgan fingerprint density at radius 1 is 1.44 bits per heavy atom. The minimum Gasteiger partial charge on any atom is -0.479 e. The molecule has 1 fully saturated rings. The van der Waals surface area contributed by atoms with E-state index in [-0.39, 0.29) is 19.6 Å². The number of aliphatic hydroxyl groups excluding tert-OH is 3. The molecule has 1 aromatic rings. The van der Waals surface area contributed by atoms with Crippen molar-refractivity contribution in [3.8, 4) is 12.3 Å². The molecule has 2 unspecified atom stereocenters. The second-order valence-corrected chi connectivity index (χ2v) is 6.30. The average molecular weight is 350 g/mol. The lowest BCUT2D eigenvalue weighted by Crippen LogP contribution is -2.60. The van der Waals surface area contributed by atoms with E-state index in [4.69, 9.17) is 15.9 Å². The van der Waals surface area contributed by atoms with Gasteiger partial charge < -0.3 is 29.9 Å². The van der Waals surface area contributed by atoms with Crippen molar-refractivity contribution in [2.45, 2.75) is 50.0 Å². The lowest BCUT2D eigenvalue weighted by molar-refractivity contribution is -0.243. The van der Waals surface area contributed by atoms with Crippen molar-refractivity contribution in [3.05, 3.63) is 35.4 Å². The number of terminal acetylenes is 1. The topological polar surface area (TPSA) is 116 Å². The normalized spacial score (nSPS) is 30.4. The summed E-state index contributed by atoms with van der Waals surface area (Å²) in [5.41, 5.74) is -0.105. The second-order valence-electron chi connectivity index (χ2n) is 6.30. The van der Waals surface area contributed by atoms with Gasteiger partial charge in [0.25, 0.3) is 0 Å². The predicted molar refractivity (Wildman–Crippen MR) is 87.6 cm³/mol. The Labute approximate surface area is 145 Å². The molecule has 2 rings (SSSR count). The fourth-order valence-corrected chi connectivity index (χ4v) is 2.69. The van der Waals surface area contributed by atoms with Crippen LogP contribution in [0.3, 0.4) is 0 Å². The Bertz CT molecular complexity index is 636. The van der Waals surface area contributed by atoms with Crippen molar-refractivity contribution in [2.24, 2.45) is 0 Å². The Morgan fingerprint density at radius 2 is 2.08 bits per heavy atom. The molecule has 1 saturated heterocycles. The Hall–Kier alpha value is -1.95. The first-order valence-corrected chi connectivity index (χ1v) is 7.85. The highest BCUT2D eigenvalue weighted by Crippen LogP contribution is 2.31. The summed E-state index contributed by atoms with van der Waals surface area (Å²) in [5, 5.41) is 39.3. The molecule has 7 nitrogen and oxygen atoms in total. The van der Waals surface area contributed by atoms with Crippen LogP contribution in [0, 0.1) is 12.3 Å². The van der Waals surface area contributed by atoms with E-state index < -0.39 is 36.0 Å². The fraction of sp³-hybridized carbons (Fsp3) is 0.500. The molecule has 1 heterocycles. The molecular weight excluding hydrogens is 328 g/mol. The van der Waals surface area contributed by atoms with Gasteiger partial charge in [0.2, 0.25) is 0 Å². The molecule has 1 aromatic carbocycles. The first-order valence-electron chi connectivity index (χ1n) is 7.85. The van der Waals surface area contributed by atoms with Crippen LogP contribution in [-0.4, -0.2) is 63.0 Å². The zero-order valence-electron chi connectivity index (χ0n) is 13.8. The van der Waals surface area contributed by atoms with Crippen LogP contribution in [0.15, 0.2) is 24.3 Å². The lowest BCUT2D eigenvalue weighted by atomic mass is 9.87. The molecule has 7 heteroatoms. The van der Waals surface area contributed by atoms with Gasteiger partial charge in [-0.2, -0.15) is 0 Å². The first kappa shape index (κ1) is 19.4. The van der Waals surface area contributed by atoms with Crippen LogP contribution in [0.2, 0.25) is 0 Å². The zero-order chi connectivity index (χ0) is 18.6. The van der Waals surface area contributed by atoms with Crippen LogP contribution >= 0.6 is 0 Å². The van der Waals surface area contributed by atoms with Gasteiger partial charge in [-0.1, -0.05) is 18.1 Å². The van der Waals surface area contributed by atoms with Gasteiger partial charge in [-0.05, 0) is 24.6 Å². The molecule has 136 valence electrons. The number of aliphatic hydroxyl groups is 3. The van der Waals surface area contributed by atoms with Crippen LogP contribution in [0.1, 0.15) is 24.5 Å². The van der Waals surface area contributed by atoms with Crippen molar-refractivity contribution in [2.75, 3.05) is 6.61 Å². The quantitative estimate of drug-likeness (QED) is 0.529. The van der Waals surface area contributed by atoms with Gasteiger partial charge in [-0.15, -0.1) is 6.42 Å². The third kappa shape index (κ3) is 4.57. The monoisotopic (exact) mass is 350 g/mol. The van der Waals surface area contributed by atoms with E-state index in [0.29, 0.717) is 0 Å². The Morgan fingerprint density at radius 3 is 2.64 bits per heavy atom. The average Bonchev–Trinajstić information content (AvgIpc) is 2.58. The molecule has 0 saturated carbocycles. The second kappa shape index (κ2) is 7.95. The summed E-state index contributed by atoms with van der Waals surface area (Å²) in [6.07, 6.45) is -0.276. The van der Waals surface area contributed by atoms with E-state index in [1.165, 1.54) is 6.92 Å². The van der Waals surface area contributed by atoms with Crippen LogP contribution in [0.5, 0.6) is 0 Å². The molecule has 0 amide bonds. The smallest absolute Gasteiger partial charge is 0.335 e. The van der Waals surface area contributed by atoms with Crippen molar-refractivity contribution < 1.29 is 34.7 Å². The summed E-state index contributed by atoms with van der Waals surface area (Å²) in [4.78, 5) is 11.3. The minimum absolute atomic E-state index is 0.193. The minimum atomic E-state index is -1.69. The molecule has 0 aromatic heterocycles. The van der Waals surface area contributed by atoms with Crippen molar-refractivity contribution in [1.29, 1.82) is 0 Å². The molecule has 0 aliphatic carbocycles. The third-order valence-electron chi connectivity index (χ3n) is 4.24. The van der Waals surface area contributed by atoms with Crippen molar-refractivity contribution >= 4 is 5.97 Å². The highest BCUT2D eigenvalue weighted by atomic mass is 16.6. The highest BCUT2D eigenvalue weighted by molar-refractivity contribution is 5.77. The number of carboxylic acids is 1. The number of aliphatic carboxylic acids is 1. The fourth-order valence-electron chi connectivity index (χ4n) is 2.69. The van der Waals surface area contributed by atoms with E-state index in [2.05, 4.69) is 5.92 Å². The third-order valence-corrected chi connectivity index (χ3v) is 4.24. The van der Waals surface area contributed by atoms with Gasteiger partial charge >= 0.3 is 5.97 Å².